The van der Waals surface area contributed by atoms with Gasteiger partial charge in [-0.15, -0.1) is 0 Å². The maximum atomic E-state index is 2.65. The van der Waals surface area contributed by atoms with Gasteiger partial charge < -0.3 is 14.7 Å². The Labute approximate surface area is 114 Å². The van der Waals surface area contributed by atoms with Crippen molar-refractivity contribution in [1.82, 2.24) is 14.7 Å². The van der Waals surface area contributed by atoms with E-state index in [1.807, 2.05) is 0 Å². The third-order valence-electron chi connectivity index (χ3n) is 3.84. The molecular formula is C15H33N3. The third-order valence-corrected chi connectivity index (χ3v) is 3.84. The molecule has 1 fully saturated rings. The van der Waals surface area contributed by atoms with Crippen molar-refractivity contribution in [3.05, 3.63) is 0 Å². The van der Waals surface area contributed by atoms with Crippen molar-refractivity contribution in [3.63, 3.8) is 0 Å². The lowest BCUT2D eigenvalue weighted by molar-refractivity contribution is 0.229. The quantitative estimate of drug-likeness (QED) is 0.658. The highest BCUT2D eigenvalue weighted by Gasteiger charge is 2.11. The molecule has 1 aliphatic rings. The predicted octanol–water partition coefficient (Wildman–Crippen LogP) is 2.14. The molecule has 1 aliphatic heterocycles. The summed E-state index contributed by atoms with van der Waals surface area (Å²) < 4.78 is 0. The van der Waals surface area contributed by atoms with E-state index in [1.54, 1.807) is 0 Å². The Morgan fingerprint density at radius 2 is 1.61 bits per heavy atom. The zero-order valence-corrected chi connectivity index (χ0v) is 12.8. The van der Waals surface area contributed by atoms with E-state index < -0.39 is 0 Å². The first-order chi connectivity index (χ1) is 8.76. The summed E-state index contributed by atoms with van der Waals surface area (Å²) in [4.78, 5) is 7.74. The fraction of sp³-hybridized carbons (Fsp3) is 1.00. The minimum absolute atomic E-state index is 1.24. The van der Waals surface area contributed by atoms with Crippen LogP contribution in [0.2, 0.25) is 0 Å². The van der Waals surface area contributed by atoms with Crippen molar-refractivity contribution in [3.8, 4) is 0 Å². The summed E-state index contributed by atoms with van der Waals surface area (Å²) in [5.41, 5.74) is 0. The van der Waals surface area contributed by atoms with Crippen molar-refractivity contribution in [2.75, 3.05) is 59.4 Å². The van der Waals surface area contributed by atoms with E-state index in [0.717, 1.165) is 0 Å². The van der Waals surface area contributed by atoms with Gasteiger partial charge in [0.25, 0.3) is 0 Å². The van der Waals surface area contributed by atoms with E-state index in [0.29, 0.717) is 0 Å². The lowest BCUT2D eigenvalue weighted by Crippen LogP contribution is -2.33. The molecule has 0 aromatic carbocycles. The molecule has 0 N–H and O–H groups in total. The molecule has 0 bridgehead atoms. The molecule has 0 atom stereocenters. The van der Waals surface area contributed by atoms with Crippen LogP contribution in [0.5, 0.6) is 0 Å². The average Bonchev–Trinajstić information content (AvgIpc) is 2.55. The van der Waals surface area contributed by atoms with E-state index in [9.17, 15) is 0 Å². The molecule has 0 aromatic rings. The topological polar surface area (TPSA) is 9.72 Å². The van der Waals surface area contributed by atoms with Crippen molar-refractivity contribution < 1.29 is 0 Å². The molecule has 0 spiro atoms. The molecular weight excluding hydrogens is 222 g/mol. The highest BCUT2D eigenvalue weighted by molar-refractivity contribution is 4.68. The van der Waals surface area contributed by atoms with Crippen molar-refractivity contribution in [2.45, 2.75) is 39.5 Å². The summed E-state index contributed by atoms with van der Waals surface area (Å²) in [6, 6.07) is 0. The SMILES string of the molecule is CCCN(CCC)CCCN1CCCN(C)CC1. The molecule has 108 valence electrons. The van der Waals surface area contributed by atoms with Gasteiger partial charge in [0.15, 0.2) is 0 Å². The van der Waals surface area contributed by atoms with Gasteiger partial charge in [-0.2, -0.15) is 0 Å². The second-order valence-electron chi connectivity index (χ2n) is 5.69. The normalized spacial score (nSPS) is 19.3. The molecule has 3 nitrogen and oxygen atoms in total. The number of hydrogen-bond donors (Lipinski definition) is 0. The Kier molecular flexibility index (Phi) is 8.64. The third kappa shape index (κ3) is 6.72. The van der Waals surface area contributed by atoms with Crippen molar-refractivity contribution >= 4 is 0 Å². The van der Waals surface area contributed by atoms with Crippen LogP contribution in [0.15, 0.2) is 0 Å². The highest BCUT2D eigenvalue weighted by atomic mass is 15.2. The van der Waals surface area contributed by atoms with Crippen LogP contribution in [0.4, 0.5) is 0 Å². The fourth-order valence-corrected chi connectivity index (χ4v) is 2.81. The molecule has 0 saturated carbocycles. The van der Waals surface area contributed by atoms with E-state index in [1.165, 1.54) is 78.0 Å². The zero-order chi connectivity index (χ0) is 13.2. The smallest absolute Gasteiger partial charge is 0.0109 e. The molecule has 1 heterocycles. The number of rotatable bonds is 8. The van der Waals surface area contributed by atoms with Crippen LogP contribution in [0.1, 0.15) is 39.5 Å². The van der Waals surface area contributed by atoms with Crippen LogP contribution < -0.4 is 0 Å². The molecule has 18 heavy (non-hydrogen) atoms. The first-order valence-corrected chi connectivity index (χ1v) is 7.89. The maximum Gasteiger partial charge on any atom is 0.0109 e. The summed E-state index contributed by atoms with van der Waals surface area (Å²) >= 11 is 0. The van der Waals surface area contributed by atoms with E-state index in [2.05, 4.69) is 35.6 Å². The maximum absolute atomic E-state index is 2.65. The standard InChI is InChI=1S/C15H33N3/c1-4-8-17(9-5-2)12-7-13-18-11-6-10-16(3)14-15-18/h4-15H2,1-3H3. The lowest BCUT2D eigenvalue weighted by atomic mass is 10.3. The molecule has 1 saturated heterocycles. The van der Waals surface area contributed by atoms with Crippen LogP contribution in [0.25, 0.3) is 0 Å². The van der Waals surface area contributed by atoms with Crippen LogP contribution in [0, 0.1) is 0 Å². The zero-order valence-electron chi connectivity index (χ0n) is 12.8. The second-order valence-corrected chi connectivity index (χ2v) is 5.69. The summed E-state index contributed by atoms with van der Waals surface area (Å²) in [6.45, 7) is 14.8. The fourth-order valence-electron chi connectivity index (χ4n) is 2.81. The molecule has 0 aliphatic carbocycles. The Bertz CT molecular complexity index is 190. The van der Waals surface area contributed by atoms with Gasteiger partial charge in [0, 0.05) is 13.1 Å². The number of likely N-dealkylation sites (N-methyl/N-ethyl adjacent to an activating group) is 1. The van der Waals surface area contributed by atoms with Crippen LogP contribution in [-0.2, 0) is 0 Å². The van der Waals surface area contributed by atoms with Crippen LogP contribution in [0.3, 0.4) is 0 Å². The molecule has 0 unspecified atom stereocenters. The summed E-state index contributed by atoms with van der Waals surface area (Å²) in [5, 5.41) is 0. The number of nitrogens with zero attached hydrogens (tertiary/aromatic N) is 3. The van der Waals surface area contributed by atoms with Crippen LogP contribution in [-0.4, -0.2) is 74.1 Å². The molecule has 0 aromatic heterocycles. The minimum atomic E-state index is 1.24. The molecule has 1 rings (SSSR count). The summed E-state index contributed by atoms with van der Waals surface area (Å²) in [7, 11) is 2.24. The van der Waals surface area contributed by atoms with Gasteiger partial charge in [0.1, 0.15) is 0 Å². The Balaban J connectivity index is 2.14. The largest absolute Gasteiger partial charge is 0.305 e. The van der Waals surface area contributed by atoms with E-state index >= 15 is 0 Å². The minimum Gasteiger partial charge on any atom is -0.305 e. The monoisotopic (exact) mass is 255 g/mol. The Morgan fingerprint density at radius 1 is 0.889 bits per heavy atom. The predicted molar refractivity (Wildman–Crippen MR) is 80.2 cm³/mol. The molecule has 0 amide bonds. The van der Waals surface area contributed by atoms with Gasteiger partial charge in [-0.1, -0.05) is 13.8 Å². The van der Waals surface area contributed by atoms with Gasteiger partial charge >= 0.3 is 0 Å². The van der Waals surface area contributed by atoms with E-state index in [4.69, 9.17) is 0 Å². The summed E-state index contributed by atoms with van der Waals surface area (Å²) in [5.74, 6) is 0. The lowest BCUT2D eigenvalue weighted by Gasteiger charge is -2.24. The Hall–Kier alpha value is -0.120. The molecule has 0 radical (unpaired) electrons. The van der Waals surface area contributed by atoms with Gasteiger partial charge in [-0.05, 0) is 72.0 Å². The van der Waals surface area contributed by atoms with Crippen molar-refractivity contribution in [2.24, 2.45) is 0 Å². The van der Waals surface area contributed by atoms with Crippen LogP contribution >= 0.6 is 0 Å². The first kappa shape index (κ1) is 15.9. The first-order valence-electron chi connectivity index (χ1n) is 7.89. The van der Waals surface area contributed by atoms with Gasteiger partial charge in [-0.25, -0.2) is 0 Å². The Morgan fingerprint density at radius 3 is 2.28 bits per heavy atom. The highest BCUT2D eigenvalue weighted by Crippen LogP contribution is 2.03. The summed E-state index contributed by atoms with van der Waals surface area (Å²) in [6.07, 6.45) is 5.25. The van der Waals surface area contributed by atoms with Gasteiger partial charge in [0.05, 0.1) is 0 Å². The molecule has 3 heteroatoms. The average molecular weight is 255 g/mol. The van der Waals surface area contributed by atoms with Crippen molar-refractivity contribution in [1.29, 1.82) is 0 Å². The number of hydrogen-bond acceptors (Lipinski definition) is 3. The van der Waals surface area contributed by atoms with Gasteiger partial charge in [0.2, 0.25) is 0 Å². The second kappa shape index (κ2) is 9.76. The van der Waals surface area contributed by atoms with E-state index in [-0.39, 0.29) is 0 Å². The van der Waals surface area contributed by atoms with Gasteiger partial charge in [-0.3, -0.25) is 0 Å².